The van der Waals surface area contributed by atoms with E-state index in [0.29, 0.717) is 28.0 Å². The van der Waals surface area contributed by atoms with Crippen LogP contribution < -0.4 is 14.4 Å². The van der Waals surface area contributed by atoms with Gasteiger partial charge in [0.25, 0.3) is 0 Å². The molecular weight excluding hydrogens is 537 g/mol. The summed E-state index contributed by atoms with van der Waals surface area (Å²) in [4.78, 5) is 28.2. The number of rotatable bonds is 11. The van der Waals surface area contributed by atoms with E-state index in [4.69, 9.17) is 27.9 Å². The molecule has 2 aromatic rings. The van der Waals surface area contributed by atoms with Crippen LogP contribution in [0.2, 0.25) is 10.0 Å². The van der Waals surface area contributed by atoms with Crippen LogP contribution in [0.1, 0.15) is 45.1 Å². The van der Waals surface area contributed by atoms with Gasteiger partial charge < -0.3 is 15.0 Å². The highest BCUT2D eigenvalue weighted by Crippen LogP contribution is 2.30. The molecule has 0 radical (unpaired) electrons. The van der Waals surface area contributed by atoms with E-state index in [1.165, 1.54) is 4.90 Å². The Morgan fingerprint density at radius 2 is 1.78 bits per heavy atom. The number of ether oxygens (including phenoxy) is 1. The van der Waals surface area contributed by atoms with Crippen LogP contribution in [0.25, 0.3) is 0 Å². The molecule has 0 unspecified atom stereocenters. The molecule has 1 N–H and O–H groups in total. The molecule has 1 aliphatic rings. The van der Waals surface area contributed by atoms with Crippen LogP contribution in [-0.2, 0) is 26.2 Å². The van der Waals surface area contributed by atoms with Gasteiger partial charge in [0.2, 0.25) is 21.8 Å². The van der Waals surface area contributed by atoms with Gasteiger partial charge in [-0.2, -0.15) is 0 Å². The molecular formula is C26H33Cl2N3O5S. The van der Waals surface area contributed by atoms with Gasteiger partial charge >= 0.3 is 0 Å². The summed E-state index contributed by atoms with van der Waals surface area (Å²) in [5, 5.41) is 3.71. The summed E-state index contributed by atoms with van der Waals surface area (Å²) in [6, 6.07) is 10.8. The maximum atomic E-state index is 13.7. The van der Waals surface area contributed by atoms with Gasteiger partial charge in [0.1, 0.15) is 18.3 Å². The summed E-state index contributed by atoms with van der Waals surface area (Å²) in [7, 11) is -3.87. The SMILES string of the molecule is CCOc1ccccc1N(CC(=O)N(Cc1ccc(Cl)c(Cl)c1)[C@H](C)C(=O)NC1CCCC1)S(C)(=O)=O. The van der Waals surface area contributed by atoms with Crippen molar-refractivity contribution < 1.29 is 22.7 Å². The van der Waals surface area contributed by atoms with Crippen molar-refractivity contribution >= 4 is 50.7 Å². The molecule has 11 heteroatoms. The van der Waals surface area contributed by atoms with Gasteiger partial charge in [0, 0.05) is 12.6 Å². The van der Waals surface area contributed by atoms with E-state index in [1.807, 2.05) is 0 Å². The van der Waals surface area contributed by atoms with Crippen LogP contribution in [0.3, 0.4) is 0 Å². The van der Waals surface area contributed by atoms with Crippen LogP contribution in [0.15, 0.2) is 42.5 Å². The number of anilines is 1. The van der Waals surface area contributed by atoms with E-state index in [-0.39, 0.29) is 24.2 Å². The lowest BCUT2D eigenvalue weighted by atomic mass is 10.1. The maximum Gasteiger partial charge on any atom is 0.244 e. The van der Waals surface area contributed by atoms with Crippen LogP contribution >= 0.6 is 23.2 Å². The molecule has 8 nitrogen and oxygen atoms in total. The Balaban J connectivity index is 1.93. The first-order chi connectivity index (χ1) is 17.5. The average molecular weight is 571 g/mol. The van der Waals surface area contributed by atoms with Gasteiger partial charge in [0.05, 0.1) is 28.6 Å². The molecule has 37 heavy (non-hydrogen) atoms. The number of hydrogen-bond acceptors (Lipinski definition) is 5. The fourth-order valence-electron chi connectivity index (χ4n) is 4.34. The van der Waals surface area contributed by atoms with E-state index in [9.17, 15) is 18.0 Å². The van der Waals surface area contributed by atoms with Crippen LogP contribution in [0.5, 0.6) is 5.75 Å². The quantitative estimate of drug-likeness (QED) is 0.425. The minimum absolute atomic E-state index is 0.0414. The zero-order chi connectivity index (χ0) is 27.2. The van der Waals surface area contributed by atoms with E-state index < -0.39 is 28.5 Å². The van der Waals surface area contributed by atoms with Crippen molar-refractivity contribution in [3.8, 4) is 5.75 Å². The number of carbonyl (C=O) groups excluding carboxylic acids is 2. The van der Waals surface area contributed by atoms with Gasteiger partial charge in [-0.25, -0.2) is 8.42 Å². The van der Waals surface area contributed by atoms with Gasteiger partial charge in [-0.15, -0.1) is 0 Å². The Labute approximate surface area is 228 Å². The molecule has 1 saturated carbocycles. The number of amides is 2. The molecule has 0 aliphatic heterocycles. The second kappa shape index (κ2) is 12.8. The normalized spacial score (nSPS) is 14.7. The van der Waals surface area contributed by atoms with E-state index >= 15 is 0 Å². The van der Waals surface area contributed by atoms with Gasteiger partial charge in [-0.1, -0.05) is 54.2 Å². The molecule has 3 rings (SSSR count). The Hall–Kier alpha value is -2.49. The first-order valence-corrected chi connectivity index (χ1v) is 14.8. The maximum absolute atomic E-state index is 13.7. The molecule has 2 aromatic carbocycles. The standard InChI is InChI=1S/C26H33Cl2N3O5S/c1-4-36-24-12-8-7-11-23(24)31(37(3,34)35)17-25(32)30(16-19-13-14-21(27)22(28)15-19)18(2)26(33)29-20-9-5-6-10-20/h7-8,11-15,18,20H,4-6,9-10,16-17H2,1-3H3,(H,29,33)/t18-/m1/s1. The third kappa shape index (κ3) is 7.75. The second-order valence-electron chi connectivity index (χ2n) is 9.11. The monoisotopic (exact) mass is 569 g/mol. The van der Waals surface area contributed by atoms with E-state index in [0.717, 1.165) is 36.2 Å². The lowest BCUT2D eigenvalue weighted by Gasteiger charge is -2.32. The third-order valence-electron chi connectivity index (χ3n) is 6.32. The number of hydrogen-bond donors (Lipinski definition) is 1. The summed E-state index contributed by atoms with van der Waals surface area (Å²) in [5.74, 6) is -0.496. The van der Waals surface area contributed by atoms with E-state index in [1.54, 1.807) is 56.3 Å². The summed E-state index contributed by atoms with van der Waals surface area (Å²) >= 11 is 12.2. The first kappa shape index (κ1) is 29.1. The van der Waals surface area contributed by atoms with E-state index in [2.05, 4.69) is 5.32 Å². The van der Waals surface area contributed by atoms with Crippen molar-refractivity contribution in [2.45, 2.75) is 58.2 Å². The molecule has 0 spiro atoms. The highest BCUT2D eigenvalue weighted by Gasteiger charge is 2.32. The van der Waals surface area contributed by atoms with Crippen molar-refractivity contribution in [1.29, 1.82) is 0 Å². The Morgan fingerprint density at radius 1 is 1.11 bits per heavy atom. The molecule has 1 fully saturated rings. The number of nitrogens with one attached hydrogen (secondary N) is 1. The number of nitrogens with zero attached hydrogens (tertiary/aromatic N) is 2. The molecule has 0 aromatic heterocycles. The number of para-hydroxylation sites is 2. The number of benzene rings is 2. The van der Waals surface area contributed by atoms with Gasteiger partial charge in [-0.3, -0.25) is 13.9 Å². The van der Waals surface area contributed by atoms with Crippen LogP contribution in [-0.4, -0.2) is 56.6 Å². The molecule has 1 atom stereocenters. The average Bonchev–Trinajstić information content (AvgIpc) is 3.35. The Kier molecular flexibility index (Phi) is 10.1. The lowest BCUT2D eigenvalue weighted by Crippen LogP contribution is -2.52. The number of sulfonamides is 1. The second-order valence-corrected chi connectivity index (χ2v) is 11.8. The molecule has 1 aliphatic carbocycles. The van der Waals surface area contributed by atoms with Crippen LogP contribution in [0.4, 0.5) is 5.69 Å². The Bertz CT molecular complexity index is 1220. The van der Waals surface area contributed by atoms with Crippen molar-refractivity contribution in [1.82, 2.24) is 10.2 Å². The zero-order valence-electron chi connectivity index (χ0n) is 21.2. The number of halogens is 2. The fraction of sp³-hybridized carbons (Fsp3) is 0.462. The summed E-state index contributed by atoms with van der Waals surface area (Å²) in [5.41, 5.74) is 0.904. The minimum atomic E-state index is -3.87. The predicted molar refractivity (Wildman–Crippen MR) is 147 cm³/mol. The van der Waals surface area contributed by atoms with Crippen molar-refractivity contribution in [3.05, 3.63) is 58.1 Å². The van der Waals surface area contributed by atoms with Gasteiger partial charge in [-0.05, 0) is 56.5 Å². The van der Waals surface area contributed by atoms with Crippen LogP contribution in [0, 0.1) is 0 Å². The summed E-state index contributed by atoms with van der Waals surface area (Å²) in [6.07, 6.45) is 4.93. The molecule has 202 valence electrons. The van der Waals surface area contributed by atoms with Crippen molar-refractivity contribution in [3.63, 3.8) is 0 Å². The van der Waals surface area contributed by atoms with Crippen molar-refractivity contribution in [2.24, 2.45) is 0 Å². The highest BCUT2D eigenvalue weighted by molar-refractivity contribution is 7.92. The summed E-state index contributed by atoms with van der Waals surface area (Å²) < 4.78 is 32.2. The largest absolute Gasteiger partial charge is 0.492 e. The minimum Gasteiger partial charge on any atom is -0.492 e. The van der Waals surface area contributed by atoms with Crippen molar-refractivity contribution in [2.75, 3.05) is 23.7 Å². The molecule has 0 heterocycles. The third-order valence-corrected chi connectivity index (χ3v) is 8.18. The topological polar surface area (TPSA) is 96.0 Å². The number of carbonyl (C=O) groups is 2. The molecule has 0 saturated heterocycles. The first-order valence-electron chi connectivity index (χ1n) is 12.2. The molecule has 2 amide bonds. The fourth-order valence-corrected chi connectivity index (χ4v) is 5.52. The Morgan fingerprint density at radius 3 is 2.41 bits per heavy atom. The highest BCUT2D eigenvalue weighted by atomic mass is 35.5. The smallest absolute Gasteiger partial charge is 0.244 e. The van der Waals surface area contributed by atoms with Gasteiger partial charge in [0.15, 0.2) is 0 Å². The molecule has 0 bridgehead atoms. The lowest BCUT2D eigenvalue weighted by molar-refractivity contribution is -0.139. The zero-order valence-corrected chi connectivity index (χ0v) is 23.6. The summed E-state index contributed by atoms with van der Waals surface area (Å²) in [6.45, 7) is 3.28. The predicted octanol–water partition coefficient (Wildman–Crippen LogP) is 4.63.